The zero-order chi connectivity index (χ0) is 14.8. The van der Waals surface area contributed by atoms with E-state index in [4.69, 9.17) is 4.74 Å². The van der Waals surface area contributed by atoms with E-state index in [-0.39, 0.29) is 11.7 Å². The standard InChI is InChI=1S/C14H18N2O3S/c1-3-7-15-14(18)16-13(17)10-20-9-11-5-4-6-12(8-11)19-2/h3-6,8H,1,7,9-10H2,2H3,(H2,15,16,17,18). The second-order valence-electron chi connectivity index (χ2n) is 3.89. The van der Waals surface area contributed by atoms with Gasteiger partial charge in [-0.3, -0.25) is 10.1 Å². The third-order valence-corrected chi connectivity index (χ3v) is 3.30. The predicted octanol–water partition coefficient (Wildman–Crippen LogP) is 1.94. The van der Waals surface area contributed by atoms with Crippen molar-refractivity contribution in [3.8, 4) is 5.75 Å². The number of urea groups is 1. The Hall–Kier alpha value is -1.95. The molecule has 3 amide bonds. The number of methoxy groups -OCH3 is 1. The Bertz CT molecular complexity index is 477. The first kappa shape index (κ1) is 16.1. The number of carbonyl (C=O) groups excluding carboxylic acids is 2. The lowest BCUT2D eigenvalue weighted by atomic mass is 10.2. The van der Waals surface area contributed by atoms with E-state index in [1.165, 1.54) is 11.8 Å². The van der Waals surface area contributed by atoms with Crippen LogP contribution in [-0.4, -0.2) is 31.3 Å². The van der Waals surface area contributed by atoms with Gasteiger partial charge in [-0.1, -0.05) is 18.2 Å². The molecule has 0 aliphatic rings. The maximum atomic E-state index is 11.5. The van der Waals surface area contributed by atoms with E-state index in [1.54, 1.807) is 13.2 Å². The fraction of sp³-hybridized carbons (Fsp3) is 0.286. The van der Waals surface area contributed by atoms with Crippen molar-refractivity contribution in [3.05, 3.63) is 42.5 Å². The highest BCUT2D eigenvalue weighted by Gasteiger charge is 2.06. The quantitative estimate of drug-likeness (QED) is 0.754. The summed E-state index contributed by atoms with van der Waals surface area (Å²) in [6.07, 6.45) is 1.54. The Kier molecular flexibility index (Phi) is 7.27. The molecule has 6 heteroatoms. The first-order chi connectivity index (χ1) is 9.65. The summed E-state index contributed by atoms with van der Waals surface area (Å²) in [5.41, 5.74) is 1.07. The third kappa shape index (κ3) is 6.29. The average molecular weight is 294 g/mol. The van der Waals surface area contributed by atoms with Gasteiger partial charge in [0.05, 0.1) is 12.9 Å². The van der Waals surface area contributed by atoms with Gasteiger partial charge in [-0.05, 0) is 17.7 Å². The number of hydrogen-bond acceptors (Lipinski definition) is 4. The van der Waals surface area contributed by atoms with E-state index < -0.39 is 6.03 Å². The van der Waals surface area contributed by atoms with Gasteiger partial charge in [-0.2, -0.15) is 0 Å². The average Bonchev–Trinajstić information content (AvgIpc) is 2.45. The monoisotopic (exact) mass is 294 g/mol. The molecule has 2 N–H and O–H groups in total. The molecule has 108 valence electrons. The van der Waals surface area contributed by atoms with Gasteiger partial charge < -0.3 is 10.1 Å². The topological polar surface area (TPSA) is 67.4 Å². The van der Waals surface area contributed by atoms with E-state index >= 15 is 0 Å². The lowest BCUT2D eigenvalue weighted by molar-refractivity contribution is -0.117. The van der Waals surface area contributed by atoms with Crippen LogP contribution in [0.2, 0.25) is 0 Å². The molecule has 0 spiro atoms. The Morgan fingerprint density at radius 1 is 1.45 bits per heavy atom. The molecule has 0 saturated carbocycles. The minimum Gasteiger partial charge on any atom is -0.497 e. The number of benzene rings is 1. The largest absolute Gasteiger partial charge is 0.497 e. The molecule has 20 heavy (non-hydrogen) atoms. The second kappa shape index (κ2) is 9.03. The van der Waals surface area contributed by atoms with Crippen molar-refractivity contribution in [1.82, 2.24) is 10.6 Å². The van der Waals surface area contributed by atoms with Gasteiger partial charge >= 0.3 is 6.03 Å². The molecular formula is C14H18N2O3S. The molecule has 0 bridgehead atoms. The van der Waals surface area contributed by atoms with Crippen molar-refractivity contribution < 1.29 is 14.3 Å². The summed E-state index contributed by atoms with van der Waals surface area (Å²) in [6, 6.07) is 7.14. The summed E-state index contributed by atoms with van der Waals surface area (Å²) < 4.78 is 5.12. The van der Waals surface area contributed by atoms with E-state index in [2.05, 4.69) is 17.2 Å². The van der Waals surface area contributed by atoms with Gasteiger partial charge in [0, 0.05) is 12.3 Å². The number of amides is 3. The van der Waals surface area contributed by atoms with Crippen molar-refractivity contribution in [1.29, 1.82) is 0 Å². The summed E-state index contributed by atoms with van der Waals surface area (Å²) in [7, 11) is 1.61. The molecule has 0 atom stereocenters. The lowest BCUT2D eigenvalue weighted by Crippen LogP contribution is -2.40. The van der Waals surface area contributed by atoms with Crippen LogP contribution >= 0.6 is 11.8 Å². The summed E-state index contributed by atoms with van der Waals surface area (Å²) >= 11 is 1.43. The maximum absolute atomic E-state index is 11.5. The maximum Gasteiger partial charge on any atom is 0.321 e. The van der Waals surface area contributed by atoms with Crippen LogP contribution in [0, 0.1) is 0 Å². The summed E-state index contributed by atoms with van der Waals surface area (Å²) in [6.45, 7) is 3.80. The first-order valence-corrected chi connectivity index (χ1v) is 7.20. The molecule has 0 aromatic heterocycles. The Morgan fingerprint density at radius 2 is 2.25 bits per heavy atom. The van der Waals surface area contributed by atoms with Crippen molar-refractivity contribution >= 4 is 23.7 Å². The summed E-state index contributed by atoms with van der Waals surface area (Å²) in [5, 5.41) is 4.71. The van der Waals surface area contributed by atoms with Crippen LogP contribution in [0.1, 0.15) is 5.56 Å². The minimum atomic E-state index is -0.503. The molecule has 0 aliphatic heterocycles. The van der Waals surface area contributed by atoms with Crippen molar-refractivity contribution in [2.45, 2.75) is 5.75 Å². The van der Waals surface area contributed by atoms with Crippen LogP contribution in [0.25, 0.3) is 0 Å². The van der Waals surface area contributed by atoms with Crippen molar-refractivity contribution in [2.75, 3.05) is 19.4 Å². The molecule has 0 unspecified atom stereocenters. The van der Waals surface area contributed by atoms with Crippen LogP contribution in [0.15, 0.2) is 36.9 Å². The first-order valence-electron chi connectivity index (χ1n) is 6.05. The van der Waals surface area contributed by atoms with E-state index in [1.807, 2.05) is 24.3 Å². The number of thioether (sulfide) groups is 1. The Morgan fingerprint density at radius 3 is 2.95 bits per heavy atom. The van der Waals surface area contributed by atoms with E-state index in [0.29, 0.717) is 12.3 Å². The van der Waals surface area contributed by atoms with Crippen LogP contribution in [0.3, 0.4) is 0 Å². The van der Waals surface area contributed by atoms with Crippen LogP contribution in [0.5, 0.6) is 5.75 Å². The molecule has 1 rings (SSSR count). The van der Waals surface area contributed by atoms with Crippen LogP contribution < -0.4 is 15.4 Å². The summed E-state index contributed by atoms with van der Waals surface area (Å²) in [5.74, 6) is 1.37. The fourth-order valence-corrected chi connectivity index (χ4v) is 2.17. The zero-order valence-electron chi connectivity index (χ0n) is 11.3. The smallest absolute Gasteiger partial charge is 0.321 e. The number of ether oxygens (including phenoxy) is 1. The van der Waals surface area contributed by atoms with Crippen LogP contribution in [0.4, 0.5) is 4.79 Å². The highest BCUT2D eigenvalue weighted by molar-refractivity contribution is 7.99. The molecule has 1 aromatic rings. The molecule has 1 aromatic carbocycles. The highest BCUT2D eigenvalue weighted by Crippen LogP contribution is 2.17. The zero-order valence-corrected chi connectivity index (χ0v) is 12.2. The normalized spacial score (nSPS) is 9.65. The van der Waals surface area contributed by atoms with Gasteiger partial charge in [0.1, 0.15) is 5.75 Å². The van der Waals surface area contributed by atoms with Gasteiger partial charge in [-0.15, -0.1) is 18.3 Å². The van der Waals surface area contributed by atoms with Gasteiger partial charge in [-0.25, -0.2) is 4.79 Å². The van der Waals surface area contributed by atoms with Crippen LogP contribution in [-0.2, 0) is 10.5 Å². The number of nitrogens with one attached hydrogen (secondary N) is 2. The number of carbonyl (C=O) groups is 2. The molecule has 0 heterocycles. The number of imide groups is 1. The molecular weight excluding hydrogens is 276 g/mol. The Labute approximate surface area is 122 Å². The molecule has 0 radical (unpaired) electrons. The predicted molar refractivity (Wildman–Crippen MR) is 80.9 cm³/mol. The van der Waals surface area contributed by atoms with Crippen molar-refractivity contribution in [3.63, 3.8) is 0 Å². The van der Waals surface area contributed by atoms with E-state index in [0.717, 1.165) is 11.3 Å². The molecule has 0 fully saturated rings. The minimum absolute atomic E-state index is 0.221. The van der Waals surface area contributed by atoms with Gasteiger partial charge in [0.2, 0.25) is 5.91 Å². The molecule has 5 nitrogen and oxygen atoms in total. The number of hydrogen-bond donors (Lipinski definition) is 2. The molecule has 0 aliphatic carbocycles. The number of rotatable bonds is 7. The fourth-order valence-electron chi connectivity index (χ4n) is 1.40. The summed E-state index contributed by atoms with van der Waals surface area (Å²) in [4.78, 5) is 22.7. The van der Waals surface area contributed by atoms with Gasteiger partial charge in [0.25, 0.3) is 0 Å². The van der Waals surface area contributed by atoms with Gasteiger partial charge in [0.15, 0.2) is 0 Å². The van der Waals surface area contributed by atoms with E-state index in [9.17, 15) is 9.59 Å². The Balaban J connectivity index is 2.27. The second-order valence-corrected chi connectivity index (χ2v) is 4.88. The van der Waals surface area contributed by atoms with Crippen molar-refractivity contribution in [2.24, 2.45) is 0 Å². The highest BCUT2D eigenvalue weighted by atomic mass is 32.2. The molecule has 0 saturated heterocycles. The lowest BCUT2D eigenvalue weighted by Gasteiger charge is -2.06. The SMILES string of the molecule is C=CCNC(=O)NC(=O)CSCc1cccc(OC)c1. The third-order valence-electron chi connectivity index (χ3n) is 2.30.